The number of aryl methyl sites for hydroxylation is 1. The minimum absolute atomic E-state index is 0.108. The predicted octanol–water partition coefficient (Wildman–Crippen LogP) is 6.34. The molecule has 0 bridgehead atoms. The summed E-state index contributed by atoms with van der Waals surface area (Å²) in [4.78, 5) is 17.9. The largest absolute Gasteiger partial charge is 0.507 e. The van der Waals surface area contributed by atoms with Gasteiger partial charge in [-0.25, -0.2) is 0 Å². The van der Waals surface area contributed by atoms with Crippen molar-refractivity contribution >= 4 is 44.2 Å². The number of aromatic hydroxyl groups is 1. The van der Waals surface area contributed by atoms with E-state index in [-0.39, 0.29) is 16.9 Å². The van der Waals surface area contributed by atoms with E-state index in [0.717, 1.165) is 41.4 Å². The lowest BCUT2D eigenvalue weighted by Crippen LogP contribution is -2.46. The van der Waals surface area contributed by atoms with E-state index in [2.05, 4.69) is 31.8 Å². The molecule has 1 aliphatic rings. The molecule has 1 aliphatic heterocycles. The van der Waals surface area contributed by atoms with Crippen LogP contribution in [0.15, 0.2) is 74.3 Å². The molecule has 0 atom stereocenters. The van der Waals surface area contributed by atoms with Crippen LogP contribution in [0.4, 0.5) is 5.69 Å². The number of para-hydroxylation sites is 1. The minimum atomic E-state index is -0.272. The van der Waals surface area contributed by atoms with E-state index in [4.69, 9.17) is 20.8 Å². The highest BCUT2D eigenvalue weighted by Crippen LogP contribution is 2.34. The number of piperazine rings is 1. The monoisotopic (exact) mass is 554 g/mol. The Hall–Kier alpha value is -3.00. The average molecular weight is 556 g/mol. The summed E-state index contributed by atoms with van der Waals surface area (Å²) < 4.78 is 12.7. The molecule has 0 saturated carbocycles. The molecule has 0 radical (unpaired) electrons. The Labute approximate surface area is 216 Å². The van der Waals surface area contributed by atoms with Crippen molar-refractivity contribution in [2.75, 3.05) is 31.1 Å². The van der Waals surface area contributed by atoms with Gasteiger partial charge in [-0.05, 0) is 65.3 Å². The fourth-order valence-electron chi connectivity index (χ4n) is 4.36. The van der Waals surface area contributed by atoms with Crippen LogP contribution in [0.25, 0.3) is 11.0 Å². The van der Waals surface area contributed by atoms with Gasteiger partial charge in [-0.1, -0.05) is 29.8 Å². The Morgan fingerprint density at radius 2 is 1.83 bits per heavy atom. The van der Waals surface area contributed by atoms with Gasteiger partial charge in [0.2, 0.25) is 11.2 Å². The van der Waals surface area contributed by atoms with Crippen LogP contribution in [0, 0.1) is 6.92 Å². The van der Waals surface area contributed by atoms with Crippen LogP contribution >= 0.6 is 27.5 Å². The fourth-order valence-corrected chi connectivity index (χ4v) is 4.91. The summed E-state index contributed by atoms with van der Waals surface area (Å²) in [5.41, 5.74) is 1.83. The van der Waals surface area contributed by atoms with Crippen molar-refractivity contribution in [2.45, 2.75) is 13.5 Å². The Balaban J connectivity index is 1.40. The molecular formula is C27H24BrClN2O4. The van der Waals surface area contributed by atoms with Gasteiger partial charge in [0.1, 0.15) is 22.8 Å². The first-order chi connectivity index (χ1) is 16.9. The van der Waals surface area contributed by atoms with Gasteiger partial charge in [0.05, 0.1) is 15.4 Å². The lowest BCUT2D eigenvalue weighted by Gasteiger charge is -2.36. The van der Waals surface area contributed by atoms with E-state index in [1.165, 1.54) is 0 Å². The molecule has 0 spiro atoms. The maximum Gasteiger partial charge on any atom is 0.235 e. The zero-order chi connectivity index (χ0) is 24.5. The number of phenols is 1. The first-order valence-electron chi connectivity index (χ1n) is 11.3. The SMILES string of the molecule is Cc1oc2c(CN3CCN(c4cccc(Cl)c4)CC3)c(O)ccc2c(=O)c1Oc1ccccc1Br. The number of halogens is 2. The highest BCUT2D eigenvalue weighted by Gasteiger charge is 2.23. The summed E-state index contributed by atoms with van der Waals surface area (Å²) >= 11 is 9.60. The summed E-state index contributed by atoms with van der Waals surface area (Å²) in [5.74, 6) is 1.13. The van der Waals surface area contributed by atoms with E-state index in [1.807, 2.05) is 36.4 Å². The number of anilines is 1. The summed E-state index contributed by atoms with van der Waals surface area (Å²) in [6.07, 6.45) is 0. The third-order valence-electron chi connectivity index (χ3n) is 6.24. The Morgan fingerprint density at radius 1 is 1.06 bits per heavy atom. The van der Waals surface area contributed by atoms with Gasteiger partial charge in [-0.15, -0.1) is 0 Å². The van der Waals surface area contributed by atoms with Crippen molar-refractivity contribution in [2.24, 2.45) is 0 Å². The number of hydrogen-bond acceptors (Lipinski definition) is 6. The summed E-state index contributed by atoms with van der Waals surface area (Å²) in [5, 5.41) is 11.8. The van der Waals surface area contributed by atoms with Crippen LogP contribution < -0.4 is 15.1 Å². The second-order valence-corrected chi connectivity index (χ2v) is 9.82. The van der Waals surface area contributed by atoms with Gasteiger partial charge in [-0.2, -0.15) is 0 Å². The Bertz CT molecular complexity index is 1450. The van der Waals surface area contributed by atoms with Gasteiger partial charge in [0.25, 0.3) is 0 Å². The van der Waals surface area contributed by atoms with Gasteiger partial charge in [0.15, 0.2) is 0 Å². The van der Waals surface area contributed by atoms with Crippen LogP contribution in [0.2, 0.25) is 5.02 Å². The molecule has 0 amide bonds. The zero-order valence-corrected chi connectivity index (χ0v) is 21.5. The second kappa shape index (κ2) is 9.93. The highest BCUT2D eigenvalue weighted by atomic mass is 79.9. The van der Waals surface area contributed by atoms with E-state index < -0.39 is 0 Å². The Kier molecular flexibility index (Phi) is 6.73. The van der Waals surface area contributed by atoms with Crippen LogP contribution in [-0.4, -0.2) is 36.2 Å². The van der Waals surface area contributed by atoms with Crippen LogP contribution in [0.3, 0.4) is 0 Å². The normalized spacial score (nSPS) is 14.4. The third-order valence-corrected chi connectivity index (χ3v) is 7.13. The van der Waals surface area contributed by atoms with Crippen LogP contribution in [0.5, 0.6) is 17.2 Å². The molecule has 6 nitrogen and oxygen atoms in total. The van der Waals surface area contributed by atoms with Crippen molar-refractivity contribution in [3.05, 3.63) is 91.7 Å². The standard InChI is InChI=1S/C27H24BrClN2O4/c1-17-26(35-24-8-3-2-7-22(24)28)25(33)20-9-10-23(32)21(27(20)34-17)16-30-11-13-31(14-12-30)19-6-4-5-18(29)15-19/h2-10,15,32H,11-14,16H2,1H3. The zero-order valence-electron chi connectivity index (χ0n) is 19.1. The van der Waals surface area contributed by atoms with Gasteiger partial charge in [-0.3, -0.25) is 9.69 Å². The number of ether oxygens (including phenoxy) is 1. The van der Waals surface area contributed by atoms with E-state index in [0.29, 0.717) is 34.6 Å². The molecule has 0 aliphatic carbocycles. The third kappa shape index (κ3) is 4.89. The minimum Gasteiger partial charge on any atom is -0.507 e. The molecule has 0 unspecified atom stereocenters. The molecule has 1 saturated heterocycles. The van der Waals surface area contributed by atoms with Gasteiger partial charge >= 0.3 is 0 Å². The molecule has 1 N–H and O–H groups in total. The maximum atomic E-state index is 13.3. The fraction of sp³-hybridized carbons (Fsp3) is 0.222. The average Bonchev–Trinajstić information content (AvgIpc) is 2.85. The second-order valence-electron chi connectivity index (χ2n) is 8.53. The molecular weight excluding hydrogens is 532 g/mol. The number of hydrogen-bond donors (Lipinski definition) is 1. The van der Waals surface area contributed by atoms with Crippen molar-refractivity contribution in [1.29, 1.82) is 0 Å². The topological polar surface area (TPSA) is 66.2 Å². The van der Waals surface area contributed by atoms with Crippen LogP contribution in [-0.2, 0) is 6.54 Å². The molecule has 180 valence electrons. The van der Waals surface area contributed by atoms with Gasteiger partial charge in [0, 0.05) is 43.4 Å². The summed E-state index contributed by atoms with van der Waals surface area (Å²) in [7, 11) is 0. The molecule has 4 aromatic rings. The molecule has 2 heterocycles. The number of rotatable bonds is 5. The van der Waals surface area contributed by atoms with Crippen molar-refractivity contribution < 1.29 is 14.3 Å². The quantitative estimate of drug-likeness (QED) is 0.310. The smallest absolute Gasteiger partial charge is 0.235 e. The molecule has 35 heavy (non-hydrogen) atoms. The molecule has 1 fully saturated rings. The van der Waals surface area contributed by atoms with Crippen molar-refractivity contribution in [3.8, 4) is 17.2 Å². The highest BCUT2D eigenvalue weighted by molar-refractivity contribution is 9.10. The predicted molar refractivity (Wildman–Crippen MR) is 142 cm³/mol. The molecule has 3 aromatic carbocycles. The number of phenolic OH excluding ortho intramolecular Hbond substituents is 1. The first-order valence-corrected chi connectivity index (χ1v) is 12.5. The number of fused-ring (bicyclic) bond motifs is 1. The van der Waals surface area contributed by atoms with Gasteiger partial charge < -0.3 is 19.2 Å². The van der Waals surface area contributed by atoms with E-state index in [1.54, 1.807) is 25.1 Å². The number of nitrogens with zero attached hydrogens (tertiary/aromatic N) is 2. The lowest BCUT2D eigenvalue weighted by atomic mass is 10.1. The van der Waals surface area contributed by atoms with Crippen molar-refractivity contribution in [1.82, 2.24) is 4.90 Å². The molecule has 8 heteroatoms. The van der Waals surface area contributed by atoms with Crippen LogP contribution in [0.1, 0.15) is 11.3 Å². The van der Waals surface area contributed by atoms with Crippen molar-refractivity contribution in [3.63, 3.8) is 0 Å². The number of benzene rings is 3. The molecule has 1 aromatic heterocycles. The lowest BCUT2D eigenvalue weighted by molar-refractivity contribution is 0.246. The van der Waals surface area contributed by atoms with E-state index in [9.17, 15) is 9.90 Å². The summed E-state index contributed by atoms with van der Waals surface area (Å²) in [6, 6.07) is 18.3. The first kappa shape index (κ1) is 23.7. The maximum absolute atomic E-state index is 13.3. The summed E-state index contributed by atoms with van der Waals surface area (Å²) in [6.45, 7) is 5.44. The van der Waals surface area contributed by atoms with E-state index >= 15 is 0 Å². The Morgan fingerprint density at radius 3 is 2.57 bits per heavy atom. The molecule has 5 rings (SSSR count).